The van der Waals surface area contributed by atoms with Crippen LogP contribution in [0.5, 0.6) is 0 Å². The van der Waals surface area contributed by atoms with Crippen LogP contribution >= 0.6 is 0 Å². The molecule has 0 fully saturated rings. The van der Waals surface area contributed by atoms with E-state index in [2.05, 4.69) is 57.2 Å². The molecule has 0 spiro atoms. The fraction of sp³-hybridized carbons (Fsp3) is 0.524. The zero-order chi connectivity index (χ0) is 15.1. The molecule has 0 heteroatoms. The summed E-state index contributed by atoms with van der Waals surface area (Å²) in [6, 6.07) is 13.6. The standard InChI is InChI=1S/C21H30/c1-4-5-6-7-8-9-11-18(3)20-13-10-12-19-16-17(2)14-15-21(19)20/h10,12-16,18H,4-9,11H2,1-3H3. The van der Waals surface area contributed by atoms with E-state index in [0.29, 0.717) is 5.92 Å². The fourth-order valence-corrected chi connectivity index (χ4v) is 3.24. The average molecular weight is 282 g/mol. The van der Waals surface area contributed by atoms with Gasteiger partial charge in [0.05, 0.1) is 0 Å². The van der Waals surface area contributed by atoms with E-state index in [9.17, 15) is 0 Å². The molecule has 0 amide bonds. The van der Waals surface area contributed by atoms with Crippen LogP contribution in [0.3, 0.4) is 0 Å². The first-order chi connectivity index (χ1) is 10.2. The number of unbranched alkanes of at least 4 members (excludes halogenated alkanes) is 5. The van der Waals surface area contributed by atoms with Crippen molar-refractivity contribution in [2.45, 2.75) is 71.6 Å². The molecule has 2 aromatic rings. The summed E-state index contributed by atoms with van der Waals surface area (Å²) in [6.07, 6.45) is 9.65. The van der Waals surface area contributed by atoms with E-state index in [0.717, 1.165) is 0 Å². The molecule has 1 atom stereocenters. The fourth-order valence-electron chi connectivity index (χ4n) is 3.24. The molecule has 0 aliphatic heterocycles. The second kappa shape index (κ2) is 8.22. The van der Waals surface area contributed by atoms with E-state index < -0.39 is 0 Å². The van der Waals surface area contributed by atoms with Gasteiger partial charge in [0.15, 0.2) is 0 Å². The summed E-state index contributed by atoms with van der Waals surface area (Å²) >= 11 is 0. The molecule has 0 saturated heterocycles. The van der Waals surface area contributed by atoms with Crippen LogP contribution in [-0.2, 0) is 0 Å². The van der Waals surface area contributed by atoms with Gasteiger partial charge in [0.25, 0.3) is 0 Å². The Morgan fingerprint density at radius 1 is 0.905 bits per heavy atom. The second-order valence-electron chi connectivity index (χ2n) is 6.53. The minimum Gasteiger partial charge on any atom is -0.0654 e. The van der Waals surface area contributed by atoms with Gasteiger partial charge in [-0.3, -0.25) is 0 Å². The number of benzene rings is 2. The lowest BCUT2D eigenvalue weighted by Gasteiger charge is -2.15. The molecule has 0 aliphatic carbocycles. The average Bonchev–Trinajstić information content (AvgIpc) is 2.49. The van der Waals surface area contributed by atoms with E-state index in [1.54, 1.807) is 0 Å². The SMILES string of the molecule is CCCCCCCCC(C)c1cccc2cc(C)ccc12. The van der Waals surface area contributed by atoms with E-state index in [1.807, 2.05) is 0 Å². The predicted molar refractivity (Wildman–Crippen MR) is 95.1 cm³/mol. The quantitative estimate of drug-likeness (QED) is 0.457. The van der Waals surface area contributed by atoms with Crippen molar-refractivity contribution in [1.82, 2.24) is 0 Å². The van der Waals surface area contributed by atoms with Gasteiger partial charge in [0.2, 0.25) is 0 Å². The summed E-state index contributed by atoms with van der Waals surface area (Å²) < 4.78 is 0. The number of fused-ring (bicyclic) bond motifs is 1. The van der Waals surface area contributed by atoms with Crippen molar-refractivity contribution in [2.75, 3.05) is 0 Å². The van der Waals surface area contributed by atoms with Crippen LogP contribution in [0.1, 0.15) is 75.8 Å². The van der Waals surface area contributed by atoms with Crippen molar-refractivity contribution in [3.63, 3.8) is 0 Å². The predicted octanol–water partition coefficient (Wildman–Crippen LogP) is 7.00. The maximum absolute atomic E-state index is 2.39. The van der Waals surface area contributed by atoms with Gasteiger partial charge in [0.1, 0.15) is 0 Å². The Kier molecular flexibility index (Phi) is 6.29. The number of hydrogen-bond acceptors (Lipinski definition) is 0. The van der Waals surface area contributed by atoms with Crippen molar-refractivity contribution in [3.05, 3.63) is 47.5 Å². The highest BCUT2D eigenvalue weighted by molar-refractivity contribution is 5.86. The summed E-state index contributed by atoms with van der Waals surface area (Å²) in [7, 11) is 0. The van der Waals surface area contributed by atoms with Gasteiger partial charge in [0, 0.05) is 0 Å². The maximum Gasteiger partial charge on any atom is -0.0149 e. The molecule has 0 aromatic heterocycles. The smallest absolute Gasteiger partial charge is 0.0149 e. The van der Waals surface area contributed by atoms with Gasteiger partial charge in [-0.05, 0) is 35.6 Å². The van der Waals surface area contributed by atoms with Crippen molar-refractivity contribution in [3.8, 4) is 0 Å². The summed E-state index contributed by atoms with van der Waals surface area (Å²) in [5, 5.41) is 2.84. The number of aryl methyl sites for hydroxylation is 1. The van der Waals surface area contributed by atoms with Gasteiger partial charge in [-0.1, -0.05) is 94.3 Å². The van der Waals surface area contributed by atoms with E-state index in [-0.39, 0.29) is 0 Å². The maximum atomic E-state index is 2.39. The van der Waals surface area contributed by atoms with Crippen LogP contribution in [0.25, 0.3) is 10.8 Å². The molecule has 2 aromatic carbocycles. The minimum absolute atomic E-state index is 0.669. The highest BCUT2D eigenvalue weighted by atomic mass is 14.1. The van der Waals surface area contributed by atoms with Crippen molar-refractivity contribution >= 4 is 10.8 Å². The molecule has 114 valence electrons. The molecule has 2 rings (SSSR count). The molecule has 1 unspecified atom stereocenters. The lowest BCUT2D eigenvalue weighted by molar-refractivity contribution is 0.558. The lowest BCUT2D eigenvalue weighted by atomic mass is 9.90. The van der Waals surface area contributed by atoms with Gasteiger partial charge in [-0.15, -0.1) is 0 Å². The molecule has 0 bridgehead atoms. The van der Waals surface area contributed by atoms with Gasteiger partial charge in [-0.2, -0.15) is 0 Å². The first-order valence-corrected chi connectivity index (χ1v) is 8.71. The summed E-state index contributed by atoms with van der Waals surface area (Å²) in [4.78, 5) is 0. The number of hydrogen-bond donors (Lipinski definition) is 0. The third-order valence-electron chi connectivity index (χ3n) is 4.59. The molecule has 0 aliphatic rings. The van der Waals surface area contributed by atoms with Gasteiger partial charge in [-0.25, -0.2) is 0 Å². The highest BCUT2D eigenvalue weighted by Crippen LogP contribution is 2.29. The third kappa shape index (κ3) is 4.59. The third-order valence-corrected chi connectivity index (χ3v) is 4.59. The van der Waals surface area contributed by atoms with Crippen LogP contribution in [-0.4, -0.2) is 0 Å². The first-order valence-electron chi connectivity index (χ1n) is 8.71. The van der Waals surface area contributed by atoms with E-state index >= 15 is 0 Å². The Bertz CT molecular complexity index is 553. The second-order valence-corrected chi connectivity index (χ2v) is 6.53. The van der Waals surface area contributed by atoms with E-state index in [4.69, 9.17) is 0 Å². The Labute approximate surface area is 130 Å². The van der Waals surface area contributed by atoms with Gasteiger partial charge < -0.3 is 0 Å². The minimum atomic E-state index is 0.669. The van der Waals surface area contributed by atoms with Gasteiger partial charge >= 0.3 is 0 Å². The van der Waals surface area contributed by atoms with Crippen molar-refractivity contribution in [2.24, 2.45) is 0 Å². The van der Waals surface area contributed by atoms with Crippen LogP contribution in [0.4, 0.5) is 0 Å². The van der Waals surface area contributed by atoms with Crippen molar-refractivity contribution in [1.29, 1.82) is 0 Å². The Morgan fingerprint density at radius 3 is 2.48 bits per heavy atom. The Balaban J connectivity index is 1.94. The zero-order valence-electron chi connectivity index (χ0n) is 14.0. The summed E-state index contributed by atoms with van der Waals surface area (Å²) in [5.74, 6) is 0.669. The lowest BCUT2D eigenvalue weighted by Crippen LogP contribution is -1.95. The van der Waals surface area contributed by atoms with Crippen LogP contribution < -0.4 is 0 Å². The number of rotatable bonds is 8. The largest absolute Gasteiger partial charge is 0.0654 e. The molecular weight excluding hydrogens is 252 g/mol. The zero-order valence-corrected chi connectivity index (χ0v) is 14.0. The molecular formula is C21H30. The molecule has 0 nitrogen and oxygen atoms in total. The first kappa shape index (κ1) is 16.1. The molecule has 0 radical (unpaired) electrons. The van der Waals surface area contributed by atoms with E-state index in [1.165, 1.54) is 66.8 Å². The van der Waals surface area contributed by atoms with Crippen LogP contribution in [0, 0.1) is 6.92 Å². The van der Waals surface area contributed by atoms with Crippen molar-refractivity contribution < 1.29 is 0 Å². The highest BCUT2D eigenvalue weighted by Gasteiger charge is 2.09. The molecule has 0 saturated carbocycles. The Hall–Kier alpha value is -1.30. The molecule has 0 heterocycles. The molecule has 0 N–H and O–H groups in total. The topological polar surface area (TPSA) is 0 Å². The Morgan fingerprint density at radius 2 is 1.67 bits per heavy atom. The van der Waals surface area contributed by atoms with Crippen LogP contribution in [0.15, 0.2) is 36.4 Å². The summed E-state index contributed by atoms with van der Waals surface area (Å²) in [6.45, 7) is 6.84. The normalized spacial score (nSPS) is 12.7. The monoisotopic (exact) mass is 282 g/mol. The molecule has 21 heavy (non-hydrogen) atoms. The van der Waals surface area contributed by atoms with Crippen LogP contribution in [0.2, 0.25) is 0 Å². The summed E-state index contributed by atoms with van der Waals surface area (Å²) in [5.41, 5.74) is 2.88.